The Kier molecular flexibility index (Phi) is 4.65. The van der Waals surface area contributed by atoms with Crippen molar-refractivity contribution in [2.24, 2.45) is 0 Å². The lowest BCUT2D eigenvalue weighted by Crippen LogP contribution is -2.17. The molecule has 27 heavy (non-hydrogen) atoms. The first-order chi connectivity index (χ1) is 12.7. The molecule has 0 aliphatic rings. The Morgan fingerprint density at radius 2 is 1.85 bits per heavy atom. The second-order valence-corrected chi connectivity index (χ2v) is 5.85. The predicted molar refractivity (Wildman–Crippen MR) is 91.0 cm³/mol. The van der Waals surface area contributed by atoms with E-state index in [1.807, 2.05) is 0 Å². The van der Waals surface area contributed by atoms with Gasteiger partial charge in [-0.2, -0.15) is 0 Å². The molecular weight excluding hydrogens is 363 g/mol. The minimum atomic E-state index is -4.82. The van der Waals surface area contributed by atoms with E-state index in [1.165, 1.54) is 28.8 Å². The molecule has 5 nitrogen and oxygen atoms in total. The quantitative estimate of drug-likeness (QED) is 0.699. The second-order valence-electron chi connectivity index (χ2n) is 5.85. The van der Waals surface area contributed by atoms with Crippen molar-refractivity contribution >= 4 is 23.1 Å². The van der Waals surface area contributed by atoms with Crippen LogP contribution in [0.15, 0.2) is 42.5 Å². The monoisotopic (exact) mass is 377 g/mol. The van der Waals surface area contributed by atoms with Crippen molar-refractivity contribution in [1.29, 1.82) is 0 Å². The van der Waals surface area contributed by atoms with Crippen LogP contribution in [0.1, 0.15) is 21.6 Å². The molecule has 1 heterocycles. The molecule has 0 radical (unpaired) electrons. The maximum absolute atomic E-state index is 12.9. The van der Waals surface area contributed by atoms with Crippen LogP contribution in [0.2, 0.25) is 0 Å². The Morgan fingerprint density at radius 1 is 1.19 bits per heavy atom. The van der Waals surface area contributed by atoms with Crippen LogP contribution in [0.5, 0.6) is 11.5 Å². The maximum atomic E-state index is 12.9. The highest BCUT2D eigenvalue weighted by molar-refractivity contribution is 6.04. The normalized spacial score (nSPS) is 11.6. The van der Waals surface area contributed by atoms with Crippen molar-refractivity contribution in [2.75, 3.05) is 0 Å². The predicted octanol–water partition coefficient (Wildman–Crippen LogP) is 3.98. The van der Waals surface area contributed by atoms with Gasteiger partial charge in [0.15, 0.2) is 0 Å². The van der Waals surface area contributed by atoms with Crippen molar-refractivity contribution < 1.29 is 32.6 Å². The zero-order valence-electron chi connectivity index (χ0n) is 14.1. The number of hydrogen-bond acceptors (Lipinski definition) is 4. The summed E-state index contributed by atoms with van der Waals surface area (Å²) in [5, 5.41) is 10.3. The van der Waals surface area contributed by atoms with E-state index < -0.39 is 18.0 Å². The Morgan fingerprint density at radius 3 is 2.44 bits per heavy atom. The number of aldehydes is 1. The molecular formula is C19H14F3NO4. The summed E-state index contributed by atoms with van der Waals surface area (Å²) in [6, 6.07) is 9.00. The number of benzene rings is 2. The molecule has 0 unspecified atom stereocenters. The third-order valence-electron chi connectivity index (χ3n) is 4.14. The number of fused-ring (bicyclic) bond motifs is 1. The average Bonchev–Trinajstić information content (AvgIpc) is 2.86. The van der Waals surface area contributed by atoms with E-state index in [0.29, 0.717) is 28.4 Å². The van der Waals surface area contributed by atoms with E-state index in [2.05, 4.69) is 4.74 Å². The standard InChI is InChI=1S/C19H14F3NO4/c1-11-15(8-9-24)16-10-13(25)4-7-17(16)23(11)18(26)12-2-5-14(6-3-12)27-19(20,21)22/h2-7,9-10,25H,8H2,1H3. The molecule has 0 fully saturated rings. The van der Waals surface area contributed by atoms with Gasteiger partial charge < -0.3 is 14.6 Å². The number of ether oxygens (including phenoxy) is 1. The van der Waals surface area contributed by atoms with Gasteiger partial charge in [0.2, 0.25) is 0 Å². The molecule has 140 valence electrons. The molecule has 0 saturated heterocycles. The average molecular weight is 377 g/mol. The van der Waals surface area contributed by atoms with E-state index in [4.69, 9.17) is 0 Å². The molecule has 0 aliphatic heterocycles. The summed E-state index contributed by atoms with van der Waals surface area (Å²) >= 11 is 0. The first-order valence-electron chi connectivity index (χ1n) is 7.88. The van der Waals surface area contributed by atoms with E-state index in [-0.39, 0.29) is 17.7 Å². The van der Waals surface area contributed by atoms with Crippen molar-refractivity contribution in [2.45, 2.75) is 19.7 Å². The highest BCUT2D eigenvalue weighted by atomic mass is 19.4. The minimum Gasteiger partial charge on any atom is -0.508 e. The Balaban J connectivity index is 2.05. The summed E-state index contributed by atoms with van der Waals surface area (Å²) in [7, 11) is 0. The van der Waals surface area contributed by atoms with Crippen LogP contribution in [0, 0.1) is 6.92 Å². The van der Waals surface area contributed by atoms with Crippen molar-refractivity contribution in [1.82, 2.24) is 4.57 Å². The number of carbonyl (C=O) groups excluding carboxylic acids is 2. The zero-order valence-corrected chi connectivity index (χ0v) is 14.1. The van der Waals surface area contributed by atoms with Gasteiger partial charge in [-0.3, -0.25) is 9.36 Å². The fourth-order valence-corrected chi connectivity index (χ4v) is 3.00. The van der Waals surface area contributed by atoms with Gasteiger partial charge in [0.25, 0.3) is 5.91 Å². The maximum Gasteiger partial charge on any atom is 0.573 e. The van der Waals surface area contributed by atoms with Crippen LogP contribution in [0.25, 0.3) is 10.9 Å². The largest absolute Gasteiger partial charge is 0.573 e. The summed E-state index contributed by atoms with van der Waals surface area (Å²) in [4.78, 5) is 23.9. The van der Waals surface area contributed by atoms with Gasteiger partial charge in [0.05, 0.1) is 5.52 Å². The fourth-order valence-electron chi connectivity index (χ4n) is 3.00. The number of alkyl halides is 3. The lowest BCUT2D eigenvalue weighted by Gasteiger charge is -2.10. The van der Waals surface area contributed by atoms with E-state index in [1.54, 1.807) is 13.0 Å². The molecule has 0 atom stereocenters. The van der Waals surface area contributed by atoms with E-state index >= 15 is 0 Å². The molecule has 3 rings (SSSR count). The Hall–Kier alpha value is -3.29. The molecule has 0 saturated carbocycles. The highest BCUT2D eigenvalue weighted by Gasteiger charge is 2.31. The van der Waals surface area contributed by atoms with Crippen molar-refractivity contribution in [3.63, 3.8) is 0 Å². The van der Waals surface area contributed by atoms with Gasteiger partial charge in [-0.25, -0.2) is 0 Å². The van der Waals surface area contributed by atoms with Crippen LogP contribution in [-0.4, -0.2) is 28.2 Å². The van der Waals surface area contributed by atoms with Crippen LogP contribution < -0.4 is 4.74 Å². The van der Waals surface area contributed by atoms with Gasteiger partial charge in [-0.1, -0.05) is 0 Å². The van der Waals surface area contributed by atoms with Gasteiger partial charge in [0, 0.05) is 23.1 Å². The Bertz CT molecular complexity index is 1020. The van der Waals surface area contributed by atoms with Crippen LogP contribution in [0.4, 0.5) is 13.2 Å². The number of aromatic nitrogens is 1. The van der Waals surface area contributed by atoms with Crippen molar-refractivity contribution in [3.8, 4) is 11.5 Å². The van der Waals surface area contributed by atoms with Crippen molar-refractivity contribution in [3.05, 3.63) is 59.3 Å². The van der Waals surface area contributed by atoms with Gasteiger partial charge in [-0.15, -0.1) is 13.2 Å². The highest BCUT2D eigenvalue weighted by Crippen LogP contribution is 2.30. The summed E-state index contributed by atoms with van der Waals surface area (Å²) < 4.78 is 41.9. The third-order valence-corrected chi connectivity index (χ3v) is 4.14. The van der Waals surface area contributed by atoms with Crippen LogP contribution >= 0.6 is 0 Å². The lowest BCUT2D eigenvalue weighted by molar-refractivity contribution is -0.274. The smallest absolute Gasteiger partial charge is 0.508 e. The topological polar surface area (TPSA) is 68.5 Å². The number of aromatic hydroxyl groups is 1. The first-order valence-corrected chi connectivity index (χ1v) is 7.88. The van der Waals surface area contributed by atoms with Gasteiger partial charge in [-0.05, 0) is 55.0 Å². The molecule has 1 aromatic heterocycles. The molecule has 2 aromatic carbocycles. The molecule has 8 heteroatoms. The summed E-state index contributed by atoms with van der Waals surface area (Å²) in [6.07, 6.45) is -4.06. The SMILES string of the molecule is Cc1c(CC=O)c2cc(O)ccc2n1C(=O)c1ccc(OC(F)(F)F)cc1. The summed E-state index contributed by atoms with van der Waals surface area (Å²) in [5.41, 5.74) is 1.75. The second kappa shape index (κ2) is 6.79. The number of phenols is 1. The number of hydrogen-bond donors (Lipinski definition) is 1. The first kappa shape index (κ1) is 18.5. The van der Waals surface area contributed by atoms with Gasteiger partial charge >= 0.3 is 6.36 Å². The minimum absolute atomic E-state index is 0.00657. The molecule has 0 amide bonds. The lowest BCUT2D eigenvalue weighted by atomic mass is 10.1. The van der Waals surface area contributed by atoms with Gasteiger partial charge in [0.1, 0.15) is 17.8 Å². The fraction of sp³-hybridized carbons (Fsp3) is 0.158. The number of phenolic OH excluding ortho intramolecular Hbond substituents is 1. The number of nitrogens with zero attached hydrogens (tertiary/aromatic N) is 1. The van der Waals surface area contributed by atoms with Crippen LogP contribution in [0.3, 0.4) is 0 Å². The molecule has 3 aromatic rings. The zero-order chi connectivity index (χ0) is 19.8. The van der Waals surface area contributed by atoms with E-state index in [9.17, 15) is 27.9 Å². The van der Waals surface area contributed by atoms with E-state index in [0.717, 1.165) is 12.1 Å². The number of rotatable bonds is 4. The molecule has 1 N–H and O–H groups in total. The Labute approximate surface area is 151 Å². The number of carbonyl (C=O) groups is 2. The molecule has 0 bridgehead atoms. The molecule has 0 spiro atoms. The number of halogens is 3. The summed E-state index contributed by atoms with van der Waals surface area (Å²) in [6.45, 7) is 1.66. The van der Waals surface area contributed by atoms with Crippen LogP contribution in [-0.2, 0) is 11.2 Å². The third kappa shape index (κ3) is 3.64. The molecule has 0 aliphatic carbocycles. The summed E-state index contributed by atoms with van der Waals surface area (Å²) in [5.74, 6) is -0.911.